The molecule has 0 fully saturated rings. The summed E-state index contributed by atoms with van der Waals surface area (Å²) >= 11 is 0. The lowest BCUT2D eigenvalue weighted by Crippen LogP contribution is -2.38. The molecule has 168 valence electrons. The lowest BCUT2D eigenvalue weighted by atomic mass is 9.99. The molecule has 0 N–H and O–H groups in total. The molecule has 3 aromatic rings. The molecule has 1 aliphatic heterocycles. The van der Waals surface area contributed by atoms with Gasteiger partial charge in [-0.3, -0.25) is 9.69 Å². The summed E-state index contributed by atoms with van der Waals surface area (Å²) in [4.78, 5) is 15.0. The average molecular weight is 449 g/mol. The predicted molar refractivity (Wildman–Crippen MR) is 108 cm³/mol. The summed E-state index contributed by atoms with van der Waals surface area (Å²) in [7, 11) is 0. The molecule has 1 aliphatic rings. The van der Waals surface area contributed by atoms with Crippen molar-refractivity contribution in [2.24, 2.45) is 0 Å². The Balaban J connectivity index is 1.57. The van der Waals surface area contributed by atoms with Crippen molar-refractivity contribution in [3.63, 3.8) is 0 Å². The molecule has 4 rings (SSSR count). The molecule has 1 aromatic heterocycles. The molecule has 32 heavy (non-hydrogen) atoms. The minimum absolute atomic E-state index is 0.0419. The number of nitrogens with zero attached hydrogens (tertiary/aromatic N) is 3. The highest BCUT2D eigenvalue weighted by Crippen LogP contribution is 2.29. The fraction of sp³-hybridized carbons (Fsp3) is 0.304. The second-order valence-electron chi connectivity index (χ2n) is 7.94. The zero-order chi connectivity index (χ0) is 23.0. The van der Waals surface area contributed by atoms with Crippen molar-refractivity contribution in [3.05, 3.63) is 98.0 Å². The van der Waals surface area contributed by atoms with Gasteiger partial charge in [-0.15, -0.1) is 0 Å². The van der Waals surface area contributed by atoms with Crippen LogP contribution < -0.4 is 5.56 Å². The lowest BCUT2D eigenvalue weighted by molar-refractivity contribution is -0.137. The molecule has 2 aromatic carbocycles. The minimum atomic E-state index is -4.43. The van der Waals surface area contributed by atoms with E-state index in [1.807, 2.05) is 4.90 Å². The van der Waals surface area contributed by atoms with Crippen LogP contribution in [-0.2, 0) is 32.2 Å². The van der Waals surface area contributed by atoms with Crippen LogP contribution >= 0.6 is 0 Å². The zero-order valence-corrected chi connectivity index (χ0v) is 17.2. The summed E-state index contributed by atoms with van der Waals surface area (Å²) in [5.74, 6) is -1.31. The third-order valence-electron chi connectivity index (χ3n) is 5.57. The van der Waals surface area contributed by atoms with Gasteiger partial charge in [0.05, 0.1) is 17.8 Å². The van der Waals surface area contributed by atoms with Gasteiger partial charge in [0.2, 0.25) is 0 Å². The molecule has 0 aliphatic carbocycles. The highest BCUT2D eigenvalue weighted by atomic mass is 19.4. The summed E-state index contributed by atoms with van der Waals surface area (Å²) in [6.45, 7) is 3.02. The third kappa shape index (κ3) is 4.72. The summed E-state index contributed by atoms with van der Waals surface area (Å²) in [5, 5.41) is 4.35. The summed E-state index contributed by atoms with van der Waals surface area (Å²) in [6, 6.07) is 7.95. The predicted octanol–water partition coefficient (Wildman–Crippen LogP) is 4.46. The first-order chi connectivity index (χ1) is 15.1. The highest BCUT2D eigenvalue weighted by molar-refractivity contribution is 5.31. The Morgan fingerprint density at radius 1 is 0.938 bits per heavy atom. The number of aryl methyl sites for hydroxylation is 1. The fourth-order valence-corrected chi connectivity index (χ4v) is 4.03. The summed E-state index contributed by atoms with van der Waals surface area (Å²) < 4.78 is 66.6. The van der Waals surface area contributed by atoms with E-state index >= 15 is 0 Å². The minimum Gasteiger partial charge on any atom is -0.294 e. The molecule has 0 atom stereocenters. The maximum absolute atomic E-state index is 13.5. The van der Waals surface area contributed by atoms with Gasteiger partial charge in [0.1, 0.15) is 11.6 Å². The molecule has 0 amide bonds. The van der Waals surface area contributed by atoms with Crippen LogP contribution in [0.1, 0.15) is 33.5 Å². The first-order valence-electron chi connectivity index (χ1n) is 10.0. The second-order valence-corrected chi connectivity index (χ2v) is 7.94. The van der Waals surface area contributed by atoms with Crippen LogP contribution in [-0.4, -0.2) is 21.2 Å². The van der Waals surface area contributed by atoms with E-state index in [4.69, 9.17) is 0 Å². The number of fused-ring (bicyclic) bond motifs is 1. The van der Waals surface area contributed by atoms with Crippen molar-refractivity contribution in [1.82, 2.24) is 14.7 Å². The molecule has 9 heteroatoms. The fourth-order valence-electron chi connectivity index (χ4n) is 4.03. The molecule has 0 saturated carbocycles. The van der Waals surface area contributed by atoms with Gasteiger partial charge in [-0.1, -0.05) is 12.1 Å². The largest absolute Gasteiger partial charge is 0.416 e. The van der Waals surface area contributed by atoms with Crippen LogP contribution in [0.4, 0.5) is 22.0 Å². The molecular weight excluding hydrogens is 429 g/mol. The number of alkyl halides is 3. The van der Waals surface area contributed by atoms with Gasteiger partial charge in [-0.2, -0.15) is 18.3 Å². The number of halogens is 5. The lowest BCUT2D eigenvalue weighted by Gasteiger charge is -2.29. The van der Waals surface area contributed by atoms with Crippen LogP contribution in [0.25, 0.3) is 0 Å². The van der Waals surface area contributed by atoms with Crippen molar-refractivity contribution in [2.45, 2.75) is 39.2 Å². The van der Waals surface area contributed by atoms with Crippen molar-refractivity contribution in [2.75, 3.05) is 6.54 Å². The van der Waals surface area contributed by atoms with E-state index in [-0.39, 0.29) is 18.6 Å². The van der Waals surface area contributed by atoms with Crippen molar-refractivity contribution in [1.29, 1.82) is 0 Å². The van der Waals surface area contributed by atoms with Gasteiger partial charge in [0, 0.05) is 31.3 Å². The van der Waals surface area contributed by atoms with Crippen molar-refractivity contribution < 1.29 is 22.0 Å². The molecule has 0 unspecified atom stereocenters. The number of benzene rings is 2. The van der Waals surface area contributed by atoms with Gasteiger partial charge in [-0.25, -0.2) is 13.5 Å². The SMILES string of the molecule is Cc1nn(Cc2ccc(C(F)(F)F)cc2)c(=O)c2c1CCN(Cc1cc(F)cc(F)c1)C2. The van der Waals surface area contributed by atoms with Crippen LogP contribution in [0.5, 0.6) is 0 Å². The Bertz CT molecular complexity index is 1180. The van der Waals surface area contributed by atoms with Gasteiger partial charge < -0.3 is 0 Å². The monoisotopic (exact) mass is 449 g/mol. The Hall–Kier alpha value is -3.07. The molecule has 0 spiro atoms. The smallest absolute Gasteiger partial charge is 0.294 e. The number of hydrogen-bond acceptors (Lipinski definition) is 3. The van der Waals surface area contributed by atoms with E-state index in [2.05, 4.69) is 5.10 Å². The van der Waals surface area contributed by atoms with Crippen LogP contribution in [0, 0.1) is 18.6 Å². The molecule has 0 radical (unpaired) electrons. The normalized spacial score (nSPS) is 14.4. The Morgan fingerprint density at radius 3 is 2.22 bits per heavy atom. The Morgan fingerprint density at radius 2 is 1.59 bits per heavy atom. The van der Waals surface area contributed by atoms with Crippen molar-refractivity contribution >= 4 is 0 Å². The summed E-state index contributed by atoms with van der Waals surface area (Å²) in [6.07, 6.45) is -3.85. The molecule has 0 bridgehead atoms. The molecule has 4 nitrogen and oxygen atoms in total. The number of hydrogen-bond donors (Lipinski definition) is 0. The van der Waals surface area contributed by atoms with Crippen LogP contribution in [0.15, 0.2) is 47.3 Å². The van der Waals surface area contributed by atoms with E-state index in [1.54, 1.807) is 6.92 Å². The average Bonchev–Trinajstić information content (AvgIpc) is 2.71. The van der Waals surface area contributed by atoms with E-state index in [9.17, 15) is 26.7 Å². The second kappa shape index (κ2) is 8.46. The standard InChI is InChI=1S/C23H20F5N3O/c1-14-20-6-7-30(11-16-8-18(24)10-19(25)9-16)13-21(20)22(32)31(29-14)12-15-2-4-17(5-3-15)23(26,27)28/h2-5,8-10H,6-7,11-13H2,1H3. The van der Waals surface area contributed by atoms with Gasteiger partial charge in [0.15, 0.2) is 0 Å². The highest BCUT2D eigenvalue weighted by Gasteiger charge is 2.30. The van der Waals surface area contributed by atoms with Gasteiger partial charge in [0.25, 0.3) is 5.56 Å². The van der Waals surface area contributed by atoms with E-state index in [1.165, 1.54) is 28.9 Å². The Kier molecular flexibility index (Phi) is 5.85. The molecular formula is C23H20F5N3O. The van der Waals surface area contributed by atoms with Crippen molar-refractivity contribution in [3.8, 4) is 0 Å². The van der Waals surface area contributed by atoms with Gasteiger partial charge >= 0.3 is 6.18 Å². The third-order valence-corrected chi connectivity index (χ3v) is 5.57. The van der Waals surface area contributed by atoms with Gasteiger partial charge in [-0.05, 0) is 54.3 Å². The maximum Gasteiger partial charge on any atom is 0.416 e. The first-order valence-corrected chi connectivity index (χ1v) is 10.0. The molecule has 2 heterocycles. The zero-order valence-electron chi connectivity index (χ0n) is 17.2. The topological polar surface area (TPSA) is 38.1 Å². The van der Waals surface area contributed by atoms with Crippen LogP contribution in [0.3, 0.4) is 0 Å². The number of aromatic nitrogens is 2. The first kappa shape index (κ1) is 22.1. The van der Waals surface area contributed by atoms with E-state index < -0.39 is 23.4 Å². The summed E-state index contributed by atoms with van der Waals surface area (Å²) in [5.41, 5.74) is 2.00. The van der Waals surface area contributed by atoms with E-state index in [0.29, 0.717) is 41.9 Å². The quantitative estimate of drug-likeness (QED) is 0.553. The Labute approximate surface area is 180 Å². The van der Waals surface area contributed by atoms with E-state index in [0.717, 1.165) is 23.8 Å². The molecule has 0 saturated heterocycles. The maximum atomic E-state index is 13.5. The number of rotatable bonds is 4. The van der Waals surface area contributed by atoms with Crippen LogP contribution in [0.2, 0.25) is 0 Å².